The van der Waals surface area contributed by atoms with E-state index in [-0.39, 0.29) is 5.91 Å². The summed E-state index contributed by atoms with van der Waals surface area (Å²) in [4.78, 5) is 12.5. The Morgan fingerprint density at radius 2 is 2.31 bits per heavy atom. The van der Waals surface area contributed by atoms with E-state index in [9.17, 15) is 4.79 Å². The lowest BCUT2D eigenvalue weighted by atomic mass is 10.4. The topological polar surface area (TPSA) is 38.3 Å². The van der Waals surface area contributed by atoms with Gasteiger partial charge >= 0.3 is 0 Å². The maximum Gasteiger partial charge on any atom is 0.222 e. The molecule has 0 aliphatic carbocycles. The van der Waals surface area contributed by atoms with Crippen molar-refractivity contribution >= 4 is 33.2 Å². The summed E-state index contributed by atoms with van der Waals surface area (Å²) >= 11 is 5.02. The van der Waals surface area contributed by atoms with Crippen molar-refractivity contribution in [3.63, 3.8) is 0 Å². The number of nitrogens with one attached hydrogen (secondary N) is 1. The summed E-state index contributed by atoms with van der Waals surface area (Å²) < 4.78 is 6.33. The van der Waals surface area contributed by atoms with Crippen LogP contribution >= 0.6 is 27.3 Å². The maximum absolute atomic E-state index is 11.4. The van der Waals surface area contributed by atoms with E-state index in [0.717, 1.165) is 21.7 Å². The fourth-order valence-corrected chi connectivity index (χ4v) is 2.55. The zero-order valence-electron chi connectivity index (χ0n) is 9.29. The first-order valence-corrected chi connectivity index (χ1v) is 6.92. The number of carbonyl (C=O) groups excluding carboxylic acids is 1. The molecule has 5 heteroatoms. The van der Waals surface area contributed by atoms with Gasteiger partial charge in [-0.15, -0.1) is 11.3 Å². The molecule has 0 aliphatic rings. The molecule has 1 amide bonds. The van der Waals surface area contributed by atoms with Gasteiger partial charge < -0.3 is 10.1 Å². The molecule has 0 radical (unpaired) electrons. The van der Waals surface area contributed by atoms with Crippen molar-refractivity contribution in [1.82, 2.24) is 5.32 Å². The van der Waals surface area contributed by atoms with Crippen LogP contribution in [0.15, 0.2) is 15.9 Å². The van der Waals surface area contributed by atoms with Crippen LogP contribution in [-0.2, 0) is 16.1 Å². The molecular formula is C11H16BrNO2S. The predicted molar refractivity (Wildman–Crippen MR) is 69.6 cm³/mol. The molecule has 0 saturated heterocycles. The van der Waals surface area contributed by atoms with Gasteiger partial charge in [-0.05, 0) is 34.5 Å². The highest BCUT2D eigenvalue weighted by Crippen LogP contribution is 2.21. The second kappa shape index (κ2) is 7.81. The van der Waals surface area contributed by atoms with Gasteiger partial charge in [-0.3, -0.25) is 4.79 Å². The first-order valence-electron chi connectivity index (χ1n) is 5.31. The lowest BCUT2D eigenvalue weighted by molar-refractivity contribution is -0.122. The molecule has 1 aromatic heterocycles. The summed E-state index contributed by atoms with van der Waals surface area (Å²) in [5.41, 5.74) is 0. The number of hydrogen-bond acceptors (Lipinski definition) is 3. The third-order valence-electron chi connectivity index (χ3n) is 1.91. The SMILES string of the molecule is CCCOCCC(=O)NCc1ccc(Br)s1. The van der Waals surface area contributed by atoms with Gasteiger partial charge in [0.1, 0.15) is 0 Å². The Balaban J connectivity index is 2.10. The van der Waals surface area contributed by atoms with E-state index in [2.05, 4.69) is 28.2 Å². The van der Waals surface area contributed by atoms with Crippen molar-refractivity contribution in [2.45, 2.75) is 26.3 Å². The quantitative estimate of drug-likeness (QED) is 0.787. The summed E-state index contributed by atoms with van der Waals surface area (Å²) in [7, 11) is 0. The fraction of sp³-hybridized carbons (Fsp3) is 0.545. The van der Waals surface area contributed by atoms with Crippen molar-refractivity contribution in [3.8, 4) is 0 Å². The minimum atomic E-state index is 0.0422. The van der Waals surface area contributed by atoms with Crippen molar-refractivity contribution in [1.29, 1.82) is 0 Å². The van der Waals surface area contributed by atoms with Crippen LogP contribution in [0.4, 0.5) is 0 Å². The second-order valence-electron chi connectivity index (χ2n) is 3.34. The molecule has 1 heterocycles. The van der Waals surface area contributed by atoms with E-state index in [0.29, 0.717) is 19.6 Å². The molecule has 0 unspecified atom stereocenters. The third kappa shape index (κ3) is 5.63. The Kier molecular flexibility index (Phi) is 6.68. The standard InChI is InChI=1S/C11H16BrNO2S/c1-2-6-15-7-5-11(14)13-8-9-3-4-10(12)16-9/h3-4H,2,5-8H2,1H3,(H,13,14). The van der Waals surface area contributed by atoms with Gasteiger partial charge in [-0.25, -0.2) is 0 Å². The molecule has 1 rings (SSSR count). The first-order chi connectivity index (χ1) is 7.72. The molecule has 90 valence electrons. The zero-order valence-corrected chi connectivity index (χ0v) is 11.7. The number of thiophene rings is 1. The van der Waals surface area contributed by atoms with Gasteiger partial charge in [-0.2, -0.15) is 0 Å². The van der Waals surface area contributed by atoms with Crippen molar-refractivity contribution in [2.24, 2.45) is 0 Å². The Hall–Kier alpha value is -0.390. The number of ether oxygens (including phenoxy) is 1. The molecule has 0 bridgehead atoms. The molecule has 0 aromatic carbocycles. The molecule has 0 fully saturated rings. The smallest absolute Gasteiger partial charge is 0.222 e. The molecule has 1 aromatic rings. The first kappa shape index (κ1) is 13.7. The Morgan fingerprint density at radius 3 is 2.94 bits per heavy atom. The van der Waals surface area contributed by atoms with Crippen LogP contribution in [0, 0.1) is 0 Å². The van der Waals surface area contributed by atoms with Crippen LogP contribution < -0.4 is 5.32 Å². The van der Waals surface area contributed by atoms with Crippen LogP contribution in [0.1, 0.15) is 24.6 Å². The monoisotopic (exact) mass is 305 g/mol. The van der Waals surface area contributed by atoms with E-state index in [4.69, 9.17) is 4.74 Å². The van der Waals surface area contributed by atoms with Crippen molar-refractivity contribution in [2.75, 3.05) is 13.2 Å². The fourth-order valence-electron chi connectivity index (χ4n) is 1.13. The lowest BCUT2D eigenvalue weighted by Gasteiger charge is -2.04. The molecular weight excluding hydrogens is 290 g/mol. The van der Waals surface area contributed by atoms with Gasteiger partial charge in [0, 0.05) is 17.9 Å². The average Bonchev–Trinajstić information content (AvgIpc) is 2.68. The molecule has 0 atom stereocenters. The predicted octanol–water partition coefficient (Wildman–Crippen LogP) is 2.94. The highest BCUT2D eigenvalue weighted by molar-refractivity contribution is 9.11. The van der Waals surface area contributed by atoms with Gasteiger partial charge in [0.15, 0.2) is 0 Å². The van der Waals surface area contributed by atoms with Gasteiger partial charge in [0.2, 0.25) is 5.91 Å². The van der Waals surface area contributed by atoms with Crippen LogP contribution in [-0.4, -0.2) is 19.1 Å². The van der Waals surface area contributed by atoms with Gasteiger partial charge in [0.25, 0.3) is 0 Å². The molecule has 3 nitrogen and oxygen atoms in total. The molecule has 16 heavy (non-hydrogen) atoms. The normalized spacial score (nSPS) is 10.4. The van der Waals surface area contributed by atoms with E-state index in [1.54, 1.807) is 11.3 Å². The van der Waals surface area contributed by atoms with E-state index in [1.807, 2.05) is 12.1 Å². The highest BCUT2D eigenvalue weighted by atomic mass is 79.9. The summed E-state index contributed by atoms with van der Waals surface area (Å²) in [6.45, 7) is 3.89. The van der Waals surface area contributed by atoms with Gasteiger partial charge in [-0.1, -0.05) is 6.92 Å². The van der Waals surface area contributed by atoms with Crippen molar-refractivity contribution in [3.05, 3.63) is 20.8 Å². The Morgan fingerprint density at radius 1 is 1.50 bits per heavy atom. The molecule has 0 saturated carbocycles. The Bertz CT molecular complexity index is 328. The molecule has 1 N–H and O–H groups in total. The minimum Gasteiger partial charge on any atom is -0.381 e. The third-order valence-corrected chi connectivity index (χ3v) is 3.53. The van der Waals surface area contributed by atoms with E-state index < -0.39 is 0 Å². The zero-order chi connectivity index (χ0) is 11.8. The second-order valence-corrected chi connectivity index (χ2v) is 5.89. The molecule has 0 spiro atoms. The highest BCUT2D eigenvalue weighted by Gasteiger charge is 2.02. The minimum absolute atomic E-state index is 0.0422. The number of halogens is 1. The summed E-state index contributed by atoms with van der Waals surface area (Å²) in [5.74, 6) is 0.0422. The van der Waals surface area contributed by atoms with Crippen LogP contribution in [0.3, 0.4) is 0 Å². The van der Waals surface area contributed by atoms with E-state index in [1.165, 1.54) is 0 Å². The number of amides is 1. The summed E-state index contributed by atoms with van der Waals surface area (Å²) in [6, 6.07) is 3.99. The van der Waals surface area contributed by atoms with Crippen LogP contribution in [0.2, 0.25) is 0 Å². The summed E-state index contributed by atoms with van der Waals surface area (Å²) in [5, 5.41) is 2.86. The van der Waals surface area contributed by atoms with Crippen molar-refractivity contribution < 1.29 is 9.53 Å². The van der Waals surface area contributed by atoms with Crippen LogP contribution in [0.25, 0.3) is 0 Å². The number of carbonyl (C=O) groups is 1. The number of hydrogen-bond donors (Lipinski definition) is 1. The lowest BCUT2D eigenvalue weighted by Crippen LogP contribution is -2.23. The summed E-state index contributed by atoms with van der Waals surface area (Å²) in [6.07, 6.45) is 1.43. The Labute approximate surface area is 108 Å². The number of rotatable bonds is 7. The largest absolute Gasteiger partial charge is 0.381 e. The maximum atomic E-state index is 11.4. The van der Waals surface area contributed by atoms with Gasteiger partial charge in [0.05, 0.1) is 16.9 Å². The molecule has 0 aliphatic heterocycles. The average molecular weight is 306 g/mol. The van der Waals surface area contributed by atoms with Crippen LogP contribution in [0.5, 0.6) is 0 Å². The van der Waals surface area contributed by atoms with E-state index >= 15 is 0 Å².